The van der Waals surface area contributed by atoms with Crippen LogP contribution in [0.1, 0.15) is 85.5 Å². The number of hydrogen-bond donors (Lipinski definition) is 2. The van der Waals surface area contributed by atoms with Gasteiger partial charge >= 0.3 is 0 Å². The number of aliphatic hydroxyl groups excluding tert-OH is 2. The lowest BCUT2D eigenvalue weighted by Crippen LogP contribution is -2.52. The van der Waals surface area contributed by atoms with Gasteiger partial charge in [-0.2, -0.15) is 0 Å². The zero-order valence-electron chi connectivity index (χ0n) is 20.6. The molecule has 3 fully saturated rings. The first kappa shape index (κ1) is 23.5. The molecule has 0 radical (unpaired) electrons. The van der Waals surface area contributed by atoms with Crippen LogP contribution in [0, 0.1) is 40.4 Å². The molecule has 0 aliphatic heterocycles. The van der Waals surface area contributed by atoms with E-state index in [0.29, 0.717) is 29.6 Å². The maximum atomic E-state index is 11.1. The molecule has 176 valence electrons. The summed E-state index contributed by atoms with van der Waals surface area (Å²) < 4.78 is 5.31. The minimum atomic E-state index is -0.425. The first-order valence-electron chi connectivity index (χ1n) is 13.0. The third-order valence-electron chi connectivity index (χ3n) is 10.2. The van der Waals surface area contributed by atoms with E-state index < -0.39 is 6.10 Å². The minimum absolute atomic E-state index is 0.175. The van der Waals surface area contributed by atoms with Gasteiger partial charge in [0.25, 0.3) is 0 Å². The summed E-state index contributed by atoms with van der Waals surface area (Å²) in [6.07, 6.45) is 14.2. The van der Waals surface area contributed by atoms with Gasteiger partial charge in [-0.3, -0.25) is 0 Å². The molecule has 31 heavy (non-hydrogen) atoms. The van der Waals surface area contributed by atoms with Crippen LogP contribution in [-0.4, -0.2) is 36.1 Å². The van der Waals surface area contributed by atoms with E-state index in [1.807, 2.05) is 7.11 Å². The molecule has 1 unspecified atom stereocenters. The number of ether oxygens (including phenoxy) is 1. The van der Waals surface area contributed by atoms with E-state index >= 15 is 0 Å². The Hall–Kier alpha value is -0.640. The van der Waals surface area contributed by atoms with Gasteiger partial charge in [0.1, 0.15) is 0 Å². The maximum absolute atomic E-state index is 11.1. The monoisotopic (exact) mass is 430 g/mol. The fraction of sp³-hybridized carbons (Fsp3) is 0.857. The van der Waals surface area contributed by atoms with Crippen molar-refractivity contribution in [1.29, 1.82) is 0 Å². The summed E-state index contributed by atoms with van der Waals surface area (Å²) in [5.74, 6) is 3.38. The molecular formula is C28H46O3. The van der Waals surface area contributed by atoms with E-state index in [1.54, 1.807) is 5.57 Å². The molecule has 0 saturated heterocycles. The Morgan fingerprint density at radius 3 is 2.58 bits per heavy atom. The van der Waals surface area contributed by atoms with Gasteiger partial charge in [-0.1, -0.05) is 63.8 Å². The van der Waals surface area contributed by atoms with Gasteiger partial charge in [-0.05, 0) is 73.5 Å². The van der Waals surface area contributed by atoms with Crippen LogP contribution < -0.4 is 0 Å². The van der Waals surface area contributed by atoms with E-state index in [2.05, 4.69) is 39.8 Å². The molecule has 0 amide bonds. The van der Waals surface area contributed by atoms with Crippen molar-refractivity contribution in [2.75, 3.05) is 13.7 Å². The number of hydrogen-bond acceptors (Lipinski definition) is 3. The van der Waals surface area contributed by atoms with Gasteiger partial charge in [-0.25, -0.2) is 0 Å². The molecule has 4 rings (SSSR count). The van der Waals surface area contributed by atoms with Crippen molar-refractivity contribution in [3.8, 4) is 0 Å². The Balaban J connectivity index is 1.48. The molecule has 4 aliphatic rings. The molecular weight excluding hydrogens is 384 g/mol. The predicted octanol–water partition coefficient (Wildman–Crippen LogP) is 5.91. The zero-order valence-corrected chi connectivity index (χ0v) is 20.6. The van der Waals surface area contributed by atoms with E-state index in [9.17, 15) is 10.2 Å². The smallest absolute Gasteiger partial charge is 0.0661 e. The zero-order chi connectivity index (χ0) is 22.4. The molecule has 3 heteroatoms. The summed E-state index contributed by atoms with van der Waals surface area (Å²) in [6.45, 7) is 10.6. The summed E-state index contributed by atoms with van der Waals surface area (Å²) >= 11 is 0. The van der Waals surface area contributed by atoms with E-state index in [4.69, 9.17) is 4.74 Å². The highest BCUT2D eigenvalue weighted by Gasteiger charge is 2.58. The normalized spacial score (nSPS) is 43.9. The van der Waals surface area contributed by atoms with Gasteiger partial charge in [0, 0.05) is 25.6 Å². The lowest BCUT2D eigenvalue weighted by Gasteiger charge is -2.56. The number of aliphatic hydroxyl groups is 2. The molecule has 0 aromatic rings. The van der Waals surface area contributed by atoms with E-state index in [1.165, 1.54) is 50.5 Å². The van der Waals surface area contributed by atoms with Gasteiger partial charge in [-0.15, -0.1) is 0 Å². The van der Waals surface area contributed by atoms with Crippen LogP contribution in [0.4, 0.5) is 0 Å². The lowest BCUT2D eigenvalue weighted by atomic mass is 9.49. The first-order chi connectivity index (χ1) is 14.7. The summed E-state index contributed by atoms with van der Waals surface area (Å²) in [7, 11) is 1.81. The number of fused-ring (bicyclic) bond motifs is 5. The second-order valence-corrected chi connectivity index (χ2v) is 12.1. The topological polar surface area (TPSA) is 49.7 Å². The van der Waals surface area contributed by atoms with Crippen LogP contribution in [-0.2, 0) is 4.74 Å². The van der Waals surface area contributed by atoms with Crippen molar-refractivity contribution in [3.63, 3.8) is 0 Å². The quantitative estimate of drug-likeness (QED) is 0.528. The Labute approximate surface area is 190 Å². The highest BCUT2D eigenvalue weighted by Crippen LogP contribution is 2.66. The molecule has 3 nitrogen and oxygen atoms in total. The van der Waals surface area contributed by atoms with Gasteiger partial charge in [0.15, 0.2) is 0 Å². The Morgan fingerprint density at radius 2 is 1.84 bits per heavy atom. The molecule has 3 saturated carbocycles. The van der Waals surface area contributed by atoms with Crippen molar-refractivity contribution in [2.24, 2.45) is 40.4 Å². The van der Waals surface area contributed by atoms with Gasteiger partial charge in [0.05, 0.1) is 12.2 Å². The van der Waals surface area contributed by atoms with Crippen LogP contribution in [0.3, 0.4) is 0 Å². The third-order valence-corrected chi connectivity index (χ3v) is 10.2. The van der Waals surface area contributed by atoms with Crippen LogP contribution in [0.5, 0.6) is 0 Å². The fourth-order valence-electron chi connectivity index (χ4n) is 8.38. The van der Waals surface area contributed by atoms with Crippen molar-refractivity contribution < 1.29 is 14.9 Å². The lowest BCUT2D eigenvalue weighted by molar-refractivity contribution is -0.0545. The summed E-state index contributed by atoms with van der Waals surface area (Å²) in [6, 6.07) is 0. The molecule has 0 spiro atoms. The maximum Gasteiger partial charge on any atom is 0.0661 e. The Bertz CT molecular complexity index is 711. The third kappa shape index (κ3) is 3.97. The second-order valence-electron chi connectivity index (χ2n) is 12.1. The average molecular weight is 431 g/mol. The fourth-order valence-corrected chi connectivity index (χ4v) is 8.38. The van der Waals surface area contributed by atoms with E-state index in [-0.39, 0.29) is 11.5 Å². The van der Waals surface area contributed by atoms with Gasteiger partial charge < -0.3 is 14.9 Å². The van der Waals surface area contributed by atoms with E-state index in [0.717, 1.165) is 24.9 Å². The Morgan fingerprint density at radius 1 is 1.06 bits per heavy atom. The highest BCUT2D eigenvalue weighted by molar-refractivity contribution is 5.40. The van der Waals surface area contributed by atoms with Crippen molar-refractivity contribution in [1.82, 2.24) is 0 Å². The molecule has 9 atom stereocenters. The molecule has 4 aliphatic carbocycles. The Kier molecular flexibility index (Phi) is 6.79. The largest absolute Gasteiger partial charge is 0.393 e. The average Bonchev–Trinajstić information content (AvgIpc) is 3.06. The molecule has 0 aromatic carbocycles. The molecule has 0 heterocycles. The predicted molar refractivity (Wildman–Crippen MR) is 127 cm³/mol. The second kappa shape index (κ2) is 8.95. The van der Waals surface area contributed by atoms with Crippen LogP contribution in [0.15, 0.2) is 23.3 Å². The molecule has 0 bridgehead atoms. The summed E-state index contributed by atoms with van der Waals surface area (Å²) in [4.78, 5) is 0. The standard InChI is InChI=1S/C28H46O3/c1-18(17-31-5)7-6-8-19(2)23-11-12-24-22-10-9-20-15-21(29)16-26(30)28(20,4)25(22)13-14-27(23,24)3/h9-10,18-19,21,23-26,29-30H,6-8,11-17H2,1-5H3/t18?,19-,21-,23-,24+,25+,26+,27-,28+/m1/s1. The number of rotatable bonds is 7. The van der Waals surface area contributed by atoms with Crippen LogP contribution in [0.25, 0.3) is 0 Å². The minimum Gasteiger partial charge on any atom is -0.393 e. The van der Waals surface area contributed by atoms with Crippen molar-refractivity contribution >= 4 is 0 Å². The van der Waals surface area contributed by atoms with Gasteiger partial charge in [0.2, 0.25) is 0 Å². The van der Waals surface area contributed by atoms with Crippen molar-refractivity contribution in [2.45, 2.75) is 97.7 Å². The van der Waals surface area contributed by atoms with Crippen molar-refractivity contribution in [3.05, 3.63) is 23.3 Å². The SMILES string of the molecule is COCC(C)CCC[C@@H](C)[C@H]1CC[C@H]2C3=CC=C4C[C@@H](O)C[C@H](O)[C@]4(C)[C@H]3CC[C@]12C. The van der Waals surface area contributed by atoms with Crippen LogP contribution in [0.2, 0.25) is 0 Å². The number of allylic oxidation sites excluding steroid dienone is 3. The number of methoxy groups -OCH3 is 1. The molecule has 0 aromatic heterocycles. The summed E-state index contributed by atoms with van der Waals surface area (Å²) in [5.41, 5.74) is 3.13. The van der Waals surface area contributed by atoms with Crippen LogP contribution >= 0.6 is 0 Å². The highest BCUT2D eigenvalue weighted by atomic mass is 16.5. The first-order valence-corrected chi connectivity index (χ1v) is 13.0. The summed E-state index contributed by atoms with van der Waals surface area (Å²) in [5, 5.41) is 21.3. The molecule has 2 N–H and O–H groups in total.